The van der Waals surface area contributed by atoms with Crippen molar-refractivity contribution in [2.45, 2.75) is 18.6 Å². The molecule has 3 aromatic rings. The van der Waals surface area contributed by atoms with Crippen LogP contribution in [0.25, 0.3) is 11.4 Å². The topological polar surface area (TPSA) is 88.9 Å². The zero-order valence-corrected chi connectivity index (χ0v) is 17.3. The van der Waals surface area contributed by atoms with Crippen molar-refractivity contribution in [3.05, 3.63) is 65.2 Å². The van der Waals surface area contributed by atoms with Crippen LogP contribution in [0.5, 0.6) is 0 Å². The minimum absolute atomic E-state index is 0.0463. The fraction of sp³-hybridized carbons (Fsp3) is 0.200. The molecular formula is C20H20ClN5O2S. The minimum atomic E-state index is -0.509. The Labute approximate surface area is 177 Å². The highest BCUT2D eigenvalue weighted by atomic mass is 35.5. The lowest BCUT2D eigenvalue weighted by molar-refractivity contribution is -0.117. The average Bonchev–Trinajstić information content (AvgIpc) is 3.10. The Balaban J connectivity index is 1.81. The molecule has 2 aromatic carbocycles. The summed E-state index contributed by atoms with van der Waals surface area (Å²) in [5, 5.41) is 14.6. The van der Waals surface area contributed by atoms with Crippen molar-refractivity contribution in [3.63, 3.8) is 0 Å². The van der Waals surface area contributed by atoms with Gasteiger partial charge in [0.25, 0.3) is 0 Å². The van der Waals surface area contributed by atoms with Crippen LogP contribution in [0, 0.1) is 0 Å². The predicted octanol–water partition coefficient (Wildman–Crippen LogP) is 3.58. The monoisotopic (exact) mass is 429 g/mol. The predicted molar refractivity (Wildman–Crippen MR) is 114 cm³/mol. The molecule has 150 valence electrons. The number of imide groups is 1. The lowest BCUT2D eigenvalue weighted by Crippen LogP contribution is -2.40. The van der Waals surface area contributed by atoms with Crippen LogP contribution in [-0.2, 0) is 11.3 Å². The number of urea groups is 1. The third-order valence-electron chi connectivity index (χ3n) is 3.93. The van der Waals surface area contributed by atoms with Crippen molar-refractivity contribution < 1.29 is 9.59 Å². The molecule has 0 radical (unpaired) electrons. The Morgan fingerprint density at radius 2 is 1.79 bits per heavy atom. The molecule has 0 aliphatic carbocycles. The van der Waals surface area contributed by atoms with Crippen LogP contribution >= 0.6 is 23.4 Å². The molecule has 0 saturated heterocycles. The van der Waals surface area contributed by atoms with Gasteiger partial charge in [-0.3, -0.25) is 14.7 Å². The van der Waals surface area contributed by atoms with Crippen LogP contribution in [-0.4, -0.2) is 39.0 Å². The van der Waals surface area contributed by atoms with Crippen LogP contribution in [0.15, 0.2) is 59.8 Å². The van der Waals surface area contributed by atoms with E-state index in [0.717, 1.165) is 11.1 Å². The number of hydrogen-bond donors (Lipinski definition) is 2. The number of carbonyl (C=O) groups is 2. The number of carbonyl (C=O) groups excluding carboxylic acids is 2. The van der Waals surface area contributed by atoms with Gasteiger partial charge in [-0.25, -0.2) is 4.79 Å². The maximum atomic E-state index is 12.0. The average molecular weight is 430 g/mol. The van der Waals surface area contributed by atoms with E-state index < -0.39 is 11.9 Å². The molecule has 0 bridgehead atoms. The fourth-order valence-corrected chi connectivity index (χ4v) is 3.48. The van der Waals surface area contributed by atoms with Gasteiger partial charge >= 0.3 is 6.03 Å². The molecule has 0 atom stereocenters. The molecule has 0 aliphatic rings. The van der Waals surface area contributed by atoms with Crippen LogP contribution in [0.1, 0.15) is 12.5 Å². The Kier molecular flexibility index (Phi) is 7.26. The van der Waals surface area contributed by atoms with E-state index in [1.165, 1.54) is 11.8 Å². The molecule has 0 spiro atoms. The molecular weight excluding hydrogens is 410 g/mol. The summed E-state index contributed by atoms with van der Waals surface area (Å²) >= 11 is 7.22. The molecule has 0 saturated carbocycles. The highest BCUT2D eigenvalue weighted by Crippen LogP contribution is 2.26. The zero-order chi connectivity index (χ0) is 20.6. The number of aromatic nitrogens is 3. The van der Waals surface area contributed by atoms with Gasteiger partial charge in [0.05, 0.1) is 12.3 Å². The third kappa shape index (κ3) is 5.82. The number of amides is 3. The van der Waals surface area contributed by atoms with E-state index in [9.17, 15) is 9.59 Å². The summed E-state index contributed by atoms with van der Waals surface area (Å²) in [5.74, 6) is 0.324. The van der Waals surface area contributed by atoms with Crippen molar-refractivity contribution in [3.8, 4) is 11.4 Å². The lowest BCUT2D eigenvalue weighted by atomic mass is 10.2. The molecule has 0 aliphatic heterocycles. The second kappa shape index (κ2) is 10.1. The van der Waals surface area contributed by atoms with Crippen LogP contribution in [0.4, 0.5) is 4.79 Å². The van der Waals surface area contributed by atoms with Crippen molar-refractivity contribution in [2.24, 2.45) is 0 Å². The zero-order valence-electron chi connectivity index (χ0n) is 15.8. The van der Waals surface area contributed by atoms with Gasteiger partial charge in [0.2, 0.25) is 5.91 Å². The summed E-state index contributed by atoms with van der Waals surface area (Å²) in [6, 6.07) is 16.8. The van der Waals surface area contributed by atoms with Gasteiger partial charge in [-0.2, -0.15) is 0 Å². The van der Waals surface area contributed by atoms with Crippen LogP contribution < -0.4 is 10.6 Å². The fourth-order valence-electron chi connectivity index (χ4n) is 2.61. The van der Waals surface area contributed by atoms with E-state index in [1.807, 2.05) is 47.0 Å². The standard InChI is InChI=1S/C20H20ClN5O2S/c1-2-22-19(28)23-17(27)13-29-20-25-24-18(15-8-10-16(21)11-9-15)26(20)12-14-6-4-3-5-7-14/h3-11H,2,12-13H2,1H3,(H2,22,23,27,28). The number of hydrogen-bond acceptors (Lipinski definition) is 5. The van der Waals surface area contributed by atoms with E-state index in [4.69, 9.17) is 11.6 Å². The van der Waals surface area contributed by atoms with E-state index in [-0.39, 0.29) is 5.75 Å². The number of nitrogens with one attached hydrogen (secondary N) is 2. The number of rotatable bonds is 7. The molecule has 29 heavy (non-hydrogen) atoms. The second-order valence-electron chi connectivity index (χ2n) is 6.08. The largest absolute Gasteiger partial charge is 0.338 e. The second-order valence-corrected chi connectivity index (χ2v) is 7.46. The van der Waals surface area contributed by atoms with Crippen LogP contribution in [0.2, 0.25) is 5.02 Å². The molecule has 7 nitrogen and oxygen atoms in total. The van der Waals surface area contributed by atoms with E-state index in [2.05, 4.69) is 20.8 Å². The Morgan fingerprint density at radius 3 is 2.48 bits per heavy atom. The maximum Gasteiger partial charge on any atom is 0.321 e. The molecule has 3 amide bonds. The SMILES string of the molecule is CCNC(=O)NC(=O)CSc1nnc(-c2ccc(Cl)cc2)n1Cc1ccccc1. The molecule has 3 rings (SSSR count). The molecule has 1 aromatic heterocycles. The lowest BCUT2D eigenvalue weighted by Gasteiger charge is -2.11. The van der Waals surface area contributed by atoms with E-state index >= 15 is 0 Å². The molecule has 0 unspecified atom stereocenters. The van der Waals surface area contributed by atoms with Crippen molar-refractivity contribution in [2.75, 3.05) is 12.3 Å². The first-order valence-electron chi connectivity index (χ1n) is 9.00. The number of nitrogens with zero attached hydrogens (tertiary/aromatic N) is 3. The summed E-state index contributed by atoms with van der Waals surface area (Å²) in [6.45, 7) is 2.78. The molecule has 1 heterocycles. The van der Waals surface area contributed by atoms with Gasteiger partial charge < -0.3 is 5.32 Å². The Morgan fingerprint density at radius 1 is 1.07 bits per heavy atom. The van der Waals surface area contributed by atoms with Crippen LogP contribution in [0.3, 0.4) is 0 Å². The number of halogens is 1. The summed E-state index contributed by atoms with van der Waals surface area (Å²) in [7, 11) is 0. The highest BCUT2D eigenvalue weighted by Gasteiger charge is 2.17. The van der Waals surface area contributed by atoms with E-state index in [0.29, 0.717) is 29.1 Å². The number of thioether (sulfide) groups is 1. The normalized spacial score (nSPS) is 10.6. The van der Waals surface area contributed by atoms with Gasteiger partial charge in [0.15, 0.2) is 11.0 Å². The summed E-state index contributed by atoms with van der Waals surface area (Å²) < 4.78 is 1.95. The Hall–Kier alpha value is -2.84. The number of benzene rings is 2. The van der Waals surface area contributed by atoms with Gasteiger partial charge in [-0.05, 0) is 36.8 Å². The van der Waals surface area contributed by atoms with Gasteiger partial charge in [0.1, 0.15) is 0 Å². The van der Waals surface area contributed by atoms with Crippen molar-refractivity contribution in [1.82, 2.24) is 25.4 Å². The molecule has 2 N–H and O–H groups in total. The van der Waals surface area contributed by atoms with Gasteiger partial charge in [-0.1, -0.05) is 53.7 Å². The Bertz CT molecular complexity index is 976. The molecule has 9 heteroatoms. The summed E-state index contributed by atoms with van der Waals surface area (Å²) in [5.41, 5.74) is 1.95. The first kappa shape index (κ1) is 20.9. The first-order valence-corrected chi connectivity index (χ1v) is 10.4. The summed E-state index contributed by atoms with van der Waals surface area (Å²) in [4.78, 5) is 23.5. The quantitative estimate of drug-likeness (QED) is 0.560. The van der Waals surface area contributed by atoms with Gasteiger partial charge in [0, 0.05) is 17.1 Å². The van der Waals surface area contributed by atoms with E-state index in [1.54, 1.807) is 19.1 Å². The first-order chi connectivity index (χ1) is 14.1. The third-order valence-corrected chi connectivity index (χ3v) is 5.14. The highest BCUT2D eigenvalue weighted by molar-refractivity contribution is 7.99. The summed E-state index contributed by atoms with van der Waals surface area (Å²) in [6.07, 6.45) is 0. The van der Waals surface area contributed by atoms with Crippen molar-refractivity contribution >= 4 is 35.3 Å². The molecule has 0 fully saturated rings. The maximum absolute atomic E-state index is 12.0. The smallest absolute Gasteiger partial charge is 0.321 e. The minimum Gasteiger partial charge on any atom is -0.338 e. The van der Waals surface area contributed by atoms with Gasteiger partial charge in [-0.15, -0.1) is 10.2 Å². The van der Waals surface area contributed by atoms with Crippen molar-refractivity contribution in [1.29, 1.82) is 0 Å².